The Morgan fingerprint density at radius 1 is 1.09 bits per heavy atom. The largest absolute Gasteiger partial charge is 0.471 e. The van der Waals surface area contributed by atoms with Gasteiger partial charge in [-0.1, -0.05) is 0 Å². The van der Waals surface area contributed by atoms with Crippen LogP contribution in [-0.4, -0.2) is 62.3 Å². The molecule has 8 nitrogen and oxygen atoms in total. The zero-order valence-electron chi connectivity index (χ0n) is 12.5. The van der Waals surface area contributed by atoms with Crippen molar-refractivity contribution in [1.82, 2.24) is 5.32 Å². The number of rotatable bonds is 4. The molecule has 1 fully saturated rings. The van der Waals surface area contributed by atoms with Gasteiger partial charge in [0.25, 0.3) is 0 Å². The van der Waals surface area contributed by atoms with Crippen LogP contribution in [0.4, 0.5) is 13.2 Å². The second-order valence-electron chi connectivity index (χ2n) is 4.66. The van der Waals surface area contributed by atoms with Crippen LogP contribution in [0.3, 0.4) is 0 Å². The molecule has 1 aliphatic rings. The van der Waals surface area contributed by atoms with Crippen molar-refractivity contribution < 1.29 is 46.5 Å². The van der Waals surface area contributed by atoms with Crippen LogP contribution in [0.15, 0.2) is 0 Å². The number of carbonyl (C=O) groups excluding carboxylic acids is 3. The normalized spacial score (nSPS) is 27.9. The zero-order valence-corrected chi connectivity index (χ0v) is 12.5. The fourth-order valence-electron chi connectivity index (χ4n) is 2.00. The number of ether oxygens (including phenoxy) is 4. The minimum atomic E-state index is -5.13. The first kappa shape index (κ1) is 19.2. The fourth-order valence-corrected chi connectivity index (χ4v) is 2.00. The molecule has 1 rings (SSSR count). The summed E-state index contributed by atoms with van der Waals surface area (Å²) in [5.41, 5.74) is 0. The molecular formula is C12H16F3NO7. The Morgan fingerprint density at radius 3 is 2.04 bits per heavy atom. The lowest BCUT2D eigenvalue weighted by atomic mass is 10.0. The van der Waals surface area contributed by atoms with Gasteiger partial charge in [0.05, 0.1) is 12.6 Å². The number of hydrogen-bond acceptors (Lipinski definition) is 7. The molecule has 23 heavy (non-hydrogen) atoms. The van der Waals surface area contributed by atoms with Crippen molar-refractivity contribution in [3.8, 4) is 0 Å². The molecule has 0 aliphatic carbocycles. The van der Waals surface area contributed by atoms with Crippen molar-refractivity contribution >= 4 is 17.8 Å². The van der Waals surface area contributed by atoms with Crippen LogP contribution in [0.5, 0.6) is 0 Å². The highest BCUT2D eigenvalue weighted by Crippen LogP contribution is 2.24. The van der Waals surface area contributed by atoms with Gasteiger partial charge in [0, 0.05) is 21.0 Å². The number of amides is 1. The molecule has 4 atom stereocenters. The van der Waals surface area contributed by atoms with E-state index in [0.717, 1.165) is 13.8 Å². The van der Waals surface area contributed by atoms with Gasteiger partial charge < -0.3 is 24.3 Å². The van der Waals surface area contributed by atoms with Crippen LogP contribution in [0.1, 0.15) is 13.8 Å². The van der Waals surface area contributed by atoms with E-state index in [2.05, 4.69) is 0 Å². The van der Waals surface area contributed by atoms with E-state index in [9.17, 15) is 27.6 Å². The summed E-state index contributed by atoms with van der Waals surface area (Å²) in [7, 11) is 1.21. The number of methoxy groups -OCH3 is 1. The molecule has 132 valence electrons. The van der Waals surface area contributed by atoms with Crippen LogP contribution in [0.2, 0.25) is 0 Å². The molecule has 1 N–H and O–H groups in total. The third-order valence-electron chi connectivity index (χ3n) is 2.84. The van der Waals surface area contributed by atoms with Gasteiger partial charge in [-0.3, -0.25) is 14.4 Å². The van der Waals surface area contributed by atoms with Gasteiger partial charge in [-0.05, 0) is 0 Å². The Morgan fingerprint density at radius 2 is 1.61 bits per heavy atom. The molecule has 0 bridgehead atoms. The summed E-state index contributed by atoms with van der Waals surface area (Å²) < 4.78 is 56.9. The lowest BCUT2D eigenvalue weighted by Crippen LogP contribution is -2.63. The summed E-state index contributed by atoms with van der Waals surface area (Å²) in [5, 5.41) is 1.65. The topological polar surface area (TPSA) is 100 Å². The smallest absolute Gasteiger partial charge is 0.456 e. The number of carbonyl (C=O) groups is 3. The second kappa shape index (κ2) is 7.59. The molecule has 0 saturated carbocycles. The van der Waals surface area contributed by atoms with Crippen molar-refractivity contribution in [2.24, 2.45) is 0 Å². The van der Waals surface area contributed by atoms with E-state index in [1.54, 1.807) is 5.32 Å². The minimum Gasteiger partial charge on any atom is -0.456 e. The minimum absolute atomic E-state index is 0.434. The highest BCUT2D eigenvalue weighted by molar-refractivity contribution is 5.82. The standard InChI is InChI=1S/C12H16F3NO7/c1-5(17)22-8-7(16-11(19)12(13,14)15)4-21-10(20-3)9(8)23-6(2)18/h7-10H,4H2,1-3H3,(H,16,19). The molecule has 1 heterocycles. The van der Waals surface area contributed by atoms with Crippen molar-refractivity contribution in [3.05, 3.63) is 0 Å². The number of halogens is 3. The van der Waals surface area contributed by atoms with Crippen LogP contribution in [0.25, 0.3) is 0 Å². The molecule has 0 aromatic rings. The molecule has 1 amide bonds. The lowest BCUT2D eigenvalue weighted by Gasteiger charge is -2.40. The van der Waals surface area contributed by atoms with Gasteiger partial charge in [-0.25, -0.2) is 0 Å². The van der Waals surface area contributed by atoms with Gasteiger partial charge >= 0.3 is 24.0 Å². The van der Waals surface area contributed by atoms with Gasteiger partial charge in [0.2, 0.25) is 0 Å². The Hall–Kier alpha value is -1.88. The summed E-state index contributed by atoms with van der Waals surface area (Å²) in [6.07, 6.45) is -9.03. The van der Waals surface area contributed by atoms with Crippen molar-refractivity contribution in [2.75, 3.05) is 13.7 Å². The summed E-state index contributed by atoms with van der Waals surface area (Å²) >= 11 is 0. The van der Waals surface area contributed by atoms with Crippen molar-refractivity contribution in [2.45, 2.75) is 44.6 Å². The van der Waals surface area contributed by atoms with E-state index >= 15 is 0 Å². The summed E-state index contributed by atoms with van der Waals surface area (Å²) in [5.74, 6) is -3.86. The summed E-state index contributed by atoms with van der Waals surface area (Å²) in [4.78, 5) is 33.4. The first-order valence-corrected chi connectivity index (χ1v) is 6.42. The van der Waals surface area contributed by atoms with Gasteiger partial charge in [0.15, 0.2) is 18.5 Å². The first-order valence-electron chi connectivity index (χ1n) is 6.42. The van der Waals surface area contributed by atoms with Gasteiger partial charge in [-0.2, -0.15) is 13.2 Å². The average Bonchev–Trinajstić information content (AvgIpc) is 2.40. The number of alkyl halides is 3. The molecule has 0 spiro atoms. The zero-order chi connectivity index (χ0) is 17.8. The molecule has 1 saturated heterocycles. The first-order chi connectivity index (χ1) is 10.6. The Bertz CT molecular complexity index is 468. The second-order valence-corrected chi connectivity index (χ2v) is 4.66. The number of hydrogen-bond donors (Lipinski definition) is 1. The highest BCUT2D eigenvalue weighted by Gasteiger charge is 2.48. The predicted octanol–water partition coefficient (Wildman–Crippen LogP) is -0.100. The summed E-state index contributed by atoms with van der Waals surface area (Å²) in [6.45, 7) is 1.64. The Kier molecular flexibility index (Phi) is 6.33. The maximum Gasteiger partial charge on any atom is 0.471 e. The van der Waals surface area contributed by atoms with Crippen LogP contribution < -0.4 is 5.32 Å². The van der Waals surface area contributed by atoms with E-state index in [1.165, 1.54) is 7.11 Å². The van der Waals surface area contributed by atoms with Crippen LogP contribution in [0, 0.1) is 0 Å². The molecule has 0 radical (unpaired) electrons. The molecule has 11 heteroatoms. The van der Waals surface area contributed by atoms with E-state index in [-0.39, 0.29) is 0 Å². The molecule has 0 aromatic carbocycles. The maximum absolute atomic E-state index is 12.4. The Balaban J connectivity index is 3.01. The quantitative estimate of drug-likeness (QED) is 0.712. The third-order valence-corrected chi connectivity index (χ3v) is 2.84. The molecular weight excluding hydrogens is 327 g/mol. The lowest BCUT2D eigenvalue weighted by molar-refractivity contribution is -0.255. The SMILES string of the molecule is COC1OCC(NC(=O)C(F)(F)F)C(OC(C)=O)C1OC(C)=O. The number of esters is 2. The van der Waals surface area contributed by atoms with Crippen LogP contribution in [-0.2, 0) is 33.3 Å². The van der Waals surface area contributed by atoms with Crippen LogP contribution >= 0.6 is 0 Å². The predicted molar refractivity (Wildman–Crippen MR) is 65.8 cm³/mol. The van der Waals surface area contributed by atoms with Gasteiger partial charge in [0.1, 0.15) is 0 Å². The monoisotopic (exact) mass is 343 g/mol. The Labute approximate surface area is 129 Å². The van der Waals surface area contributed by atoms with Gasteiger partial charge in [-0.15, -0.1) is 0 Å². The van der Waals surface area contributed by atoms with Crippen molar-refractivity contribution in [3.63, 3.8) is 0 Å². The highest BCUT2D eigenvalue weighted by atomic mass is 19.4. The maximum atomic E-state index is 12.4. The molecule has 1 aliphatic heterocycles. The fraction of sp³-hybridized carbons (Fsp3) is 0.750. The van der Waals surface area contributed by atoms with E-state index in [4.69, 9.17) is 18.9 Å². The van der Waals surface area contributed by atoms with Crippen molar-refractivity contribution in [1.29, 1.82) is 0 Å². The molecule has 4 unspecified atom stereocenters. The molecule has 0 aromatic heterocycles. The van der Waals surface area contributed by atoms with E-state index < -0.39 is 55.2 Å². The summed E-state index contributed by atoms with van der Waals surface area (Å²) in [6, 6.07) is -1.37. The van der Waals surface area contributed by atoms with E-state index in [1.807, 2.05) is 0 Å². The third kappa shape index (κ3) is 5.36. The number of nitrogens with one attached hydrogen (secondary N) is 1. The average molecular weight is 343 g/mol. The van der Waals surface area contributed by atoms with E-state index in [0.29, 0.717) is 0 Å².